The Morgan fingerprint density at radius 3 is 2.35 bits per heavy atom. The predicted octanol–water partition coefficient (Wildman–Crippen LogP) is 2.28. The topological polar surface area (TPSA) is 49.5 Å². The van der Waals surface area contributed by atoms with Crippen molar-refractivity contribution in [1.82, 2.24) is 4.90 Å². The van der Waals surface area contributed by atoms with Gasteiger partial charge in [0.05, 0.1) is 6.10 Å². The zero-order chi connectivity index (χ0) is 12.8. The van der Waals surface area contributed by atoms with Crippen LogP contribution in [0.1, 0.15) is 31.9 Å². The molecule has 0 aromatic heterocycles. The van der Waals surface area contributed by atoms with Crippen molar-refractivity contribution in [3.63, 3.8) is 0 Å². The Morgan fingerprint density at radius 1 is 1.24 bits per heavy atom. The molecule has 0 saturated carbocycles. The van der Waals surface area contributed by atoms with E-state index in [0.29, 0.717) is 12.5 Å². The van der Waals surface area contributed by atoms with E-state index in [4.69, 9.17) is 5.73 Å². The Bertz CT molecular complexity index is 321. The molecular weight excluding hydrogens is 212 g/mol. The number of aliphatic hydroxyl groups excluding tert-OH is 1. The fourth-order valence-corrected chi connectivity index (χ4v) is 1.69. The summed E-state index contributed by atoms with van der Waals surface area (Å²) >= 11 is 0. The second-order valence-corrected chi connectivity index (χ2v) is 5.13. The molecule has 1 atom stereocenters. The van der Waals surface area contributed by atoms with Gasteiger partial charge < -0.3 is 15.7 Å². The number of rotatable bonds is 6. The first-order chi connectivity index (χ1) is 7.99. The smallest absolute Gasteiger partial charge is 0.0916 e. The van der Waals surface area contributed by atoms with Crippen LogP contribution in [0.25, 0.3) is 0 Å². The van der Waals surface area contributed by atoms with Crippen LogP contribution in [0.5, 0.6) is 0 Å². The van der Waals surface area contributed by atoms with Crippen LogP contribution in [0.4, 0.5) is 5.69 Å². The van der Waals surface area contributed by atoms with E-state index < -0.39 is 6.10 Å². The third-order valence-corrected chi connectivity index (χ3v) is 2.89. The molecule has 1 rings (SSSR count). The van der Waals surface area contributed by atoms with Gasteiger partial charge in [0.15, 0.2) is 0 Å². The van der Waals surface area contributed by atoms with Gasteiger partial charge in [-0.3, -0.25) is 0 Å². The molecule has 3 heteroatoms. The lowest BCUT2D eigenvalue weighted by Gasteiger charge is -2.21. The monoisotopic (exact) mass is 236 g/mol. The number of nitrogens with zero attached hydrogens (tertiary/aromatic N) is 1. The zero-order valence-electron chi connectivity index (χ0n) is 11.1. The van der Waals surface area contributed by atoms with Crippen molar-refractivity contribution in [3.8, 4) is 0 Å². The van der Waals surface area contributed by atoms with Gasteiger partial charge in [0.1, 0.15) is 0 Å². The lowest BCUT2D eigenvalue weighted by molar-refractivity contribution is 0.124. The minimum atomic E-state index is -0.437. The SMILES string of the molecule is CC(C)CCN(C)CC(O)c1ccc(N)cc1. The largest absolute Gasteiger partial charge is 0.399 e. The van der Waals surface area contributed by atoms with Crippen LogP contribution in [-0.2, 0) is 0 Å². The molecule has 3 nitrogen and oxygen atoms in total. The molecule has 1 aromatic rings. The summed E-state index contributed by atoms with van der Waals surface area (Å²) in [5, 5.41) is 10.1. The number of nitrogens with two attached hydrogens (primary N) is 1. The third kappa shape index (κ3) is 5.20. The van der Waals surface area contributed by atoms with Crippen LogP contribution in [0.2, 0.25) is 0 Å². The summed E-state index contributed by atoms with van der Waals surface area (Å²) in [6.45, 7) is 6.11. The quantitative estimate of drug-likeness (QED) is 0.745. The van der Waals surface area contributed by atoms with Crippen LogP contribution >= 0.6 is 0 Å². The summed E-state index contributed by atoms with van der Waals surface area (Å²) in [4.78, 5) is 2.17. The molecule has 0 saturated heterocycles. The molecule has 0 fully saturated rings. The van der Waals surface area contributed by atoms with E-state index in [1.807, 2.05) is 31.3 Å². The molecule has 0 radical (unpaired) electrons. The van der Waals surface area contributed by atoms with Crippen LogP contribution in [0.3, 0.4) is 0 Å². The standard InChI is InChI=1S/C14H24N2O/c1-11(2)8-9-16(3)10-14(17)12-4-6-13(15)7-5-12/h4-7,11,14,17H,8-10,15H2,1-3H3. The number of hydrogen-bond donors (Lipinski definition) is 2. The van der Waals surface area contributed by atoms with Crippen molar-refractivity contribution in [2.24, 2.45) is 5.92 Å². The Morgan fingerprint density at radius 2 is 1.82 bits per heavy atom. The molecule has 0 aliphatic heterocycles. The summed E-state index contributed by atoms with van der Waals surface area (Å²) < 4.78 is 0. The van der Waals surface area contributed by atoms with Crippen LogP contribution in [0.15, 0.2) is 24.3 Å². The van der Waals surface area contributed by atoms with Crippen molar-refractivity contribution < 1.29 is 5.11 Å². The molecule has 3 N–H and O–H groups in total. The first kappa shape index (κ1) is 14.0. The Hall–Kier alpha value is -1.06. The maximum Gasteiger partial charge on any atom is 0.0916 e. The predicted molar refractivity (Wildman–Crippen MR) is 72.8 cm³/mol. The van der Waals surface area contributed by atoms with E-state index >= 15 is 0 Å². The molecule has 96 valence electrons. The van der Waals surface area contributed by atoms with E-state index in [9.17, 15) is 5.11 Å². The van der Waals surface area contributed by atoms with Gasteiger partial charge in [0, 0.05) is 12.2 Å². The normalized spacial score (nSPS) is 13.3. The lowest BCUT2D eigenvalue weighted by Crippen LogP contribution is -2.26. The molecule has 17 heavy (non-hydrogen) atoms. The molecule has 0 heterocycles. The van der Waals surface area contributed by atoms with Crippen molar-refractivity contribution in [1.29, 1.82) is 0 Å². The average Bonchev–Trinajstić information content (AvgIpc) is 2.27. The molecular formula is C14H24N2O. The minimum absolute atomic E-state index is 0.437. The number of hydrogen-bond acceptors (Lipinski definition) is 3. The number of anilines is 1. The lowest BCUT2D eigenvalue weighted by atomic mass is 10.1. The van der Waals surface area contributed by atoms with Crippen molar-refractivity contribution in [2.75, 3.05) is 25.9 Å². The second-order valence-electron chi connectivity index (χ2n) is 5.13. The Labute approximate surface area is 104 Å². The van der Waals surface area contributed by atoms with Crippen LogP contribution in [-0.4, -0.2) is 30.1 Å². The maximum absolute atomic E-state index is 10.1. The zero-order valence-corrected chi connectivity index (χ0v) is 11.1. The van der Waals surface area contributed by atoms with E-state index in [1.165, 1.54) is 0 Å². The van der Waals surface area contributed by atoms with Crippen LogP contribution < -0.4 is 5.73 Å². The highest BCUT2D eigenvalue weighted by Crippen LogP contribution is 2.15. The average molecular weight is 236 g/mol. The highest BCUT2D eigenvalue weighted by Gasteiger charge is 2.10. The number of benzene rings is 1. The highest BCUT2D eigenvalue weighted by atomic mass is 16.3. The summed E-state index contributed by atoms with van der Waals surface area (Å²) in [5.74, 6) is 0.700. The summed E-state index contributed by atoms with van der Waals surface area (Å²) in [5.41, 5.74) is 7.27. The van der Waals surface area contributed by atoms with Gasteiger partial charge >= 0.3 is 0 Å². The molecule has 1 unspecified atom stereocenters. The van der Waals surface area contributed by atoms with Gasteiger partial charge in [0.25, 0.3) is 0 Å². The van der Waals surface area contributed by atoms with E-state index in [-0.39, 0.29) is 0 Å². The highest BCUT2D eigenvalue weighted by molar-refractivity contribution is 5.39. The first-order valence-corrected chi connectivity index (χ1v) is 6.21. The van der Waals surface area contributed by atoms with Crippen molar-refractivity contribution >= 4 is 5.69 Å². The molecule has 0 bridgehead atoms. The minimum Gasteiger partial charge on any atom is -0.399 e. The van der Waals surface area contributed by atoms with Gasteiger partial charge in [-0.2, -0.15) is 0 Å². The van der Waals surface area contributed by atoms with Crippen LogP contribution in [0, 0.1) is 5.92 Å². The summed E-state index contributed by atoms with van der Waals surface area (Å²) in [7, 11) is 2.04. The number of nitrogen functional groups attached to an aromatic ring is 1. The maximum atomic E-state index is 10.1. The van der Waals surface area contributed by atoms with Gasteiger partial charge in [-0.15, -0.1) is 0 Å². The molecule has 0 amide bonds. The first-order valence-electron chi connectivity index (χ1n) is 6.21. The van der Waals surface area contributed by atoms with E-state index in [1.54, 1.807) is 0 Å². The third-order valence-electron chi connectivity index (χ3n) is 2.89. The van der Waals surface area contributed by atoms with Crippen molar-refractivity contribution in [2.45, 2.75) is 26.4 Å². The molecule has 0 aliphatic carbocycles. The van der Waals surface area contributed by atoms with Gasteiger partial charge in [-0.1, -0.05) is 26.0 Å². The fraction of sp³-hybridized carbons (Fsp3) is 0.571. The second kappa shape index (κ2) is 6.62. The van der Waals surface area contributed by atoms with Crippen molar-refractivity contribution in [3.05, 3.63) is 29.8 Å². The molecule has 1 aromatic carbocycles. The summed E-state index contributed by atoms with van der Waals surface area (Å²) in [6, 6.07) is 7.42. The summed E-state index contributed by atoms with van der Waals surface area (Å²) in [6.07, 6.45) is 0.720. The number of aliphatic hydroxyl groups is 1. The van der Waals surface area contributed by atoms with E-state index in [2.05, 4.69) is 18.7 Å². The Kier molecular flexibility index (Phi) is 5.45. The molecule has 0 spiro atoms. The van der Waals surface area contributed by atoms with E-state index in [0.717, 1.165) is 24.2 Å². The van der Waals surface area contributed by atoms with Gasteiger partial charge in [-0.05, 0) is 43.6 Å². The Balaban J connectivity index is 2.42. The van der Waals surface area contributed by atoms with Gasteiger partial charge in [0.2, 0.25) is 0 Å². The molecule has 0 aliphatic rings. The fourth-order valence-electron chi connectivity index (χ4n) is 1.69. The van der Waals surface area contributed by atoms with Gasteiger partial charge in [-0.25, -0.2) is 0 Å². The number of likely N-dealkylation sites (N-methyl/N-ethyl adjacent to an activating group) is 1.